The Morgan fingerprint density at radius 1 is 1.02 bits per heavy atom. The molecule has 0 aromatic heterocycles. The lowest BCUT2D eigenvalue weighted by Gasteiger charge is -2.14. The number of hydrogen-bond acceptors (Lipinski definition) is 9. The smallest absolute Gasteiger partial charge is 0.338 e. The van der Waals surface area contributed by atoms with E-state index in [1.165, 1.54) is 11.8 Å². The SMILES string of the molecule is COc1ccc(C=C2SC(=S)N(CCCCCC(=O)Nc3ccc(C(=O)OCCN(C)C)cc3)C2=O)cc1OC. The molecule has 0 spiro atoms. The second kappa shape index (κ2) is 15.4. The number of methoxy groups -OCH3 is 2. The van der Waals surface area contributed by atoms with Crippen molar-refractivity contribution in [1.29, 1.82) is 0 Å². The largest absolute Gasteiger partial charge is 0.493 e. The summed E-state index contributed by atoms with van der Waals surface area (Å²) in [5.74, 6) is 0.589. The first-order valence-electron chi connectivity index (χ1n) is 12.9. The molecule has 3 rings (SSSR count). The van der Waals surface area contributed by atoms with Crippen LogP contribution in [0.4, 0.5) is 5.69 Å². The minimum absolute atomic E-state index is 0.107. The first-order chi connectivity index (χ1) is 19.2. The summed E-state index contributed by atoms with van der Waals surface area (Å²) in [7, 11) is 6.95. The Morgan fingerprint density at radius 2 is 1.75 bits per heavy atom. The minimum Gasteiger partial charge on any atom is -0.493 e. The van der Waals surface area contributed by atoms with E-state index in [1.807, 2.05) is 31.1 Å². The maximum absolute atomic E-state index is 12.9. The van der Waals surface area contributed by atoms with Crippen LogP contribution in [-0.4, -0.2) is 79.9 Å². The molecule has 2 aromatic rings. The number of benzene rings is 2. The molecule has 214 valence electrons. The summed E-state index contributed by atoms with van der Waals surface area (Å²) in [6.45, 7) is 1.47. The third-order valence-electron chi connectivity index (χ3n) is 6.04. The number of anilines is 1. The van der Waals surface area contributed by atoms with Crippen LogP contribution in [0.15, 0.2) is 47.4 Å². The molecule has 40 heavy (non-hydrogen) atoms. The highest BCUT2D eigenvalue weighted by atomic mass is 32.2. The number of rotatable bonds is 14. The molecule has 2 amide bonds. The van der Waals surface area contributed by atoms with E-state index in [4.69, 9.17) is 26.4 Å². The number of ether oxygens (including phenoxy) is 3. The molecule has 1 heterocycles. The minimum atomic E-state index is -0.391. The van der Waals surface area contributed by atoms with E-state index in [9.17, 15) is 14.4 Å². The molecule has 9 nitrogen and oxygen atoms in total. The van der Waals surface area contributed by atoms with Crippen molar-refractivity contribution in [3.63, 3.8) is 0 Å². The Kier molecular flexibility index (Phi) is 12.0. The summed E-state index contributed by atoms with van der Waals surface area (Å²) in [5.41, 5.74) is 1.87. The Labute approximate surface area is 244 Å². The number of thiocarbonyl (C=S) groups is 1. The van der Waals surface area contributed by atoms with Crippen LogP contribution >= 0.6 is 24.0 Å². The van der Waals surface area contributed by atoms with E-state index in [0.717, 1.165) is 18.4 Å². The second-order valence-electron chi connectivity index (χ2n) is 9.32. The van der Waals surface area contributed by atoms with Gasteiger partial charge in [-0.1, -0.05) is 36.5 Å². The summed E-state index contributed by atoms with van der Waals surface area (Å²) in [4.78, 5) is 41.4. The molecule has 1 fully saturated rings. The van der Waals surface area contributed by atoms with Crippen molar-refractivity contribution in [1.82, 2.24) is 9.80 Å². The van der Waals surface area contributed by atoms with E-state index < -0.39 is 5.97 Å². The van der Waals surface area contributed by atoms with Gasteiger partial charge in [0, 0.05) is 25.2 Å². The van der Waals surface area contributed by atoms with Crippen molar-refractivity contribution in [2.75, 3.05) is 53.3 Å². The predicted octanol–water partition coefficient (Wildman–Crippen LogP) is 4.82. The van der Waals surface area contributed by atoms with Crippen molar-refractivity contribution in [3.05, 3.63) is 58.5 Å². The van der Waals surface area contributed by atoms with Gasteiger partial charge in [0.2, 0.25) is 5.91 Å². The van der Waals surface area contributed by atoms with Gasteiger partial charge in [0.05, 0.1) is 24.7 Å². The van der Waals surface area contributed by atoms with Crippen molar-refractivity contribution in [2.45, 2.75) is 25.7 Å². The third kappa shape index (κ3) is 9.07. The highest BCUT2D eigenvalue weighted by Crippen LogP contribution is 2.34. The van der Waals surface area contributed by atoms with Crippen LogP contribution in [0, 0.1) is 0 Å². The topological polar surface area (TPSA) is 97.4 Å². The summed E-state index contributed by atoms with van der Waals surface area (Å²) >= 11 is 6.71. The Hall–Kier alpha value is -3.41. The van der Waals surface area contributed by atoms with E-state index >= 15 is 0 Å². The zero-order chi connectivity index (χ0) is 29.1. The van der Waals surface area contributed by atoms with Crippen molar-refractivity contribution < 1.29 is 28.6 Å². The van der Waals surface area contributed by atoms with Crippen LogP contribution in [0.3, 0.4) is 0 Å². The number of carbonyl (C=O) groups excluding carboxylic acids is 3. The van der Waals surface area contributed by atoms with E-state index in [2.05, 4.69) is 5.32 Å². The van der Waals surface area contributed by atoms with Crippen LogP contribution < -0.4 is 14.8 Å². The number of nitrogens with one attached hydrogen (secondary N) is 1. The number of thioether (sulfide) groups is 1. The van der Waals surface area contributed by atoms with Crippen LogP contribution in [0.25, 0.3) is 6.08 Å². The van der Waals surface area contributed by atoms with Gasteiger partial charge in [0.1, 0.15) is 10.9 Å². The summed E-state index contributed by atoms with van der Waals surface area (Å²) in [5, 5.41) is 2.85. The zero-order valence-corrected chi connectivity index (χ0v) is 24.9. The monoisotopic (exact) mass is 585 g/mol. The van der Waals surface area contributed by atoms with Crippen LogP contribution in [-0.2, 0) is 14.3 Å². The normalized spacial score (nSPS) is 14.1. The fourth-order valence-electron chi connectivity index (χ4n) is 3.84. The van der Waals surface area contributed by atoms with E-state index in [-0.39, 0.29) is 11.8 Å². The lowest BCUT2D eigenvalue weighted by Crippen LogP contribution is -2.29. The molecule has 0 radical (unpaired) electrons. The van der Waals surface area contributed by atoms with Gasteiger partial charge >= 0.3 is 5.97 Å². The molecule has 2 aromatic carbocycles. The van der Waals surface area contributed by atoms with Gasteiger partial charge in [-0.15, -0.1) is 0 Å². The average Bonchev–Trinajstić information content (AvgIpc) is 3.20. The highest BCUT2D eigenvalue weighted by molar-refractivity contribution is 8.26. The molecule has 0 aliphatic carbocycles. The van der Waals surface area contributed by atoms with Gasteiger partial charge < -0.3 is 24.4 Å². The Balaban J connectivity index is 1.39. The summed E-state index contributed by atoms with van der Waals surface area (Å²) < 4.78 is 16.4. The molecule has 1 aliphatic rings. The van der Waals surface area contributed by atoms with Gasteiger partial charge in [-0.2, -0.15) is 0 Å². The molecule has 1 N–H and O–H groups in total. The van der Waals surface area contributed by atoms with Crippen molar-refractivity contribution in [3.8, 4) is 11.5 Å². The molecule has 0 unspecified atom stereocenters. The molecule has 1 saturated heterocycles. The van der Waals surface area contributed by atoms with Gasteiger partial charge in [0.15, 0.2) is 11.5 Å². The Morgan fingerprint density at radius 3 is 2.42 bits per heavy atom. The van der Waals surface area contributed by atoms with E-state index in [1.54, 1.807) is 55.5 Å². The van der Waals surface area contributed by atoms with Crippen LogP contribution in [0.2, 0.25) is 0 Å². The molecular formula is C29H35N3O6S2. The first kappa shape index (κ1) is 31.1. The quantitative estimate of drug-likeness (QED) is 0.145. The molecule has 0 atom stereocenters. The summed E-state index contributed by atoms with van der Waals surface area (Å²) in [6, 6.07) is 12.1. The number of hydrogen-bond donors (Lipinski definition) is 1. The molecule has 0 saturated carbocycles. The van der Waals surface area contributed by atoms with Gasteiger partial charge in [-0.25, -0.2) is 4.79 Å². The number of likely N-dealkylation sites (N-methyl/N-ethyl adjacent to an activating group) is 1. The van der Waals surface area contributed by atoms with Crippen molar-refractivity contribution in [2.24, 2.45) is 0 Å². The molecular weight excluding hydrogens is 550 g/mol. The fraction of sp³-hybridized carbons (Fsp3) is 0.379. The van der Waals surface area contributed by atoms with E-state index in [0.29, 0.717) is 64.5 Å². The average molecular weight is 586 g/mol. The molecule has 11 heteroatoms. The number of esters is 1. The fourth-order valence-corrected chi connectivity index (χ4v) is 5.14. The van der Waals surface area contributed by atoms with Crippen LogP contribution in [0.1, 0.15) is 41.6 Å². The van der Waals surface area contributed by atoms with Gasteiger partial charge in [-0.3, -0.25) is 14.5 Å². The van der Waals surface area contributed by atoms with Gasteiger partial charge in [0.25, 0.3) is 5.91 Å². The number of unbranched alkanes of at least 4 members (excludes halogenated alkanes) is 2. The molecule has 0 bridgehead atoms. The standard InChI is InChI=1S/C29H35N3O6S2/c1-31(2)16-17-38-28(35)21-10-12-22(13-11-21)30-26(33)8-6-5-7-15-32-27(34)25(40-29(32)39)19-20-9-14-23(36-3)24(18-20)37-4/h9-14,18-19H,5-8,15-17H2,1-4H3,(H,30,33). The lowest BCUT2D eigenvalue weighted by molar-refractivity contribution is -0.122. The number of nitrogens with zero attached hydrogens (tertiary/aromatic N) is 2. The van der Waals surface area contributed by atoms with Crippen molar-refractivity contribution >= 4 is 57.8 Å². The first-order valence-corrected chi connectivity index (χ1v) is 14.1. The maximum atomic E-state index is 12.9. The zero-order valence-electron chi connectivity index (χ0n) is 23.2. The highest BCUT2D eigenvalue weighted by Gasteiger charge is 2.31. The molecule has 1 aliphatic heterocycles. The predicted molar refractivity (Wildman–Crippen MR) is 162 cm³/mol. The lowest BCUT2D eigenvalue weighted by atomic mass is 10.1. The maximum Gasteiger partial charge on any atom is 0.338 e. The summed E-state index contributed by atoms with van der Waals surface area (Å²) in [6.07, 6.45) is 4.33. The van der Waals surface area contributed by atoms with Crippen LogP contribution in [0.5, 0.6) is 11.5 Å². The second-order valence-corrected chi connectivity index (χ2v) is 11.0. The number of carbonyl (C=O) groups is 3. The Bertz CT molecular complexity index is 1250. The third-order valence-corrected chi connectivity index (χ3v) is 7.42. The van der Waals surface area contributed by atoms with Gasteiger partial charge in [-0.05, 0) is 75.0 Å². The number of amides is 2.